The summed E-state index contributed by atoms with van der Waals surface area (Å²) in [6, 6.07) is 13.8. The molecule has 27 heavy (non-hydrogen) atoms. The first kappa shape index (κ1) is 19.5. The molecule has 3 aromatic rings. The van der Waals surface area contributed by atoms with Gasteiger partial charge in [-0.15, -0.1) is 11.3 Å². The van der Waals surface area contributed by atoms with Gasteiger partial charge in [0, 0.05) is 38.1 Å². The highest BCUT2D eigenvalue weighted by Gasteiger charge is 2.17. The van der Waals surface area contributed by atoms with E-state index in [4.69, 9.17) is 0 Å². The molecular formula is C19H21N3O3S2. The summed E-state index contributed by atoms with van der Waals surface area (Å²) in [5.74, 6) is 0.257. The van der Waals surface area contributed by atoms with Crippen molar-refractivity contribution >= 4 is 21.4 Å². The van der Waals surface area contributed by atoms with Gasteiger partial charge in [-0.05, 0) is 29.8 Å². The Balaban J connectivity index is 1.62. The molecule has 3 rings (SSSR count). The van der Waals surface area contributed by atoms with E-state index in [2.05, 4.69) is 10.3 Å². The van der Waals surface area contributed by atoms with Crippen molar-refractivity contribution in [2.24, 2.45) is 0 Å². The van der Waals surface area contributed by atoms with Gasteiger partial charge in [-0.25, -0.2) is 17.7 Å². The van der Waals surface area contributed by atoms with Gasteiger partial charge in [0.05, 0.1) is 10.6 Å². The number of nitrogens with one attached hydrogen (secondary N) is 1. The third-order valence-electron chi connectivity index (χ3n) is 4.02. The van der Waals surface area contributed by atoms with Crippen LogP contribution in [0, 0.1) is 0 Å². The van der Waals surface area contributed by atoms with E-state index < -0.39 is 10.0 Å². The van der Waals surface area contributed by atoms with Gasteiger partial charge >= 0.3 is 0 Å². The number of thiazole rings is 1. The van der Waals surface area contributed by atoms with E-state index in [1.165, 1.54) is 18.4 Å². The normalized spacial score (nSPS) is 11.8. The van der Waals surface area contributed by atoms with Gasteiger partial charge in [-0.3, -0.25) is 0 Å². The van der Waals surface area contributed by atoms with Crippen LogP contribution in [0.25, 0.3) is 11.3 Å². The standard InChI is InChI=1S/C19H21N3O3S2/c1-22(2)27(24,25)17-9-5-15(6-10-17)18-13-26-19(21-18)12-20-11-14-3-7-16(23)8-4-14/h3-10,13,20,23H,11-12H2,1-2H3. The molecule has 0 fully saturated rings. The lowest BCUT2D eigenvalue weighted by molar-refractivity contribution is 0.475. The molecule has 0 aliphatic rings. The predicted molar refractivity (Wildman–Crippen MR) is 107 cm³/mol. The minimum atomic E-state index is -3.42. The zero-order valence-corrected chi connectivity index (χ0v) is 16.7. The Morgan fingerprint density at radius 3 is 2.33 bits per heavy atom. The fourth-order valence-corrected chi connectivity index (χ4v) is 4.14. The number of rotatable bonds is 7. The third-order valence-corrected chi connectivity index (χ3v) is 6.70. The van der Waals surface area contributed by atoms with Gasteiger partial charge in [0.1, 0.15) is 10.8 Å². The van der Waals surface area contributed by atoms with Crippen LogP contribution in [0.3, 0.4) is 0 Å². The summed E-state index contributed by atoms with van der Waals surface area (Å²) in [6.45, 7) is 1.32. The fraction of sp³-hybridized carbons (Fsp3) is 0.211. The number of sulfonamides is 1. The van der Waals surface area contributed by atoms with Crippen LogP contribution < -0.4 is 5.32 Å². The molecule has 2 N–H and O–H groups in total. The number of benzene rings is 2. The number of nitrogens with zero attached hydrogens (tertiary/aromatic N) is 2. The fourth-order valence-electron chi connectivity index (χ4n) is 2.46. The van der Waals surface area contributed by atoms with Crippen molar-refractivity contribution in [1.29, 1.82) is 0 Å². The quantitative estimate of drug-likeness (QED) is 0.634. The average Bonchev–Trinajstić information content (AvgIpc) is 3.12. The molecule has 0 radical (unpaired) electrons. The summed E-state index contributed by atoms with van der Waals surface area (Å²) in [6.07, 6.45) is 0. The zero-order chi connectivity index (χ0) is 19.4. The number of phenolic OH excluding ortho intramolecular Hbond substituents is 1. The molecule has 142 valence electrons. The summed E-state index contributed by atoms with van der Waals surface area (Å²) in [4.78, 5) is 4.87. The molecule has 6 nitrogen and oxygen atoms in total. The van der Waals surface area contributed by atoms with Crippen molar-refractivity contribution in [3.8, 4) is 17.0 Å². The number of hydrogen-bond donors (Lipinski definition) is 2. The molecule has 0 bridgehead atoms. The molecule has 1 heterocycles. The molecule has 0 amide bonds. The molecule has 0 saturated carbocycles. The van der Waals surface area contributed by atoms with E-state index in [9.17, 15) is 13.5 Å². The van der Waals surface area contributed by atoms with Gasteiger partial charge in [0.25, 0.3) is 0 Å². The van der Waals surface area contributed by atoms with Crippen molar-refractivity contribution in [2.75, 3.05) is 14.1 Å². The highest BCUT2D eigenvalue weighted by Crippen LogP contribution is 2.24. The van der Waals surface area contributed by atoms with E-state index in [1.807, 2.05) is 17.5 Å². The molecular weight excluding hydrogens is 382 g/mol. The Kier molecular flexibility index (Phi) is 5.91. The summed E-state index contributed by atoms with van der Waals surface area (Å²) >= 11 is 1.56. The maximum Gasteiger partial charge on any atom is 0.242 e. The Morgan fingerprint density at radius 2 is 1.70 bits per heavy atom. The van der Waals surface area contributed by atoms with E-state index in [0.717, 1.165) is 21.8 Å². The third kappa shape index (κ3) is 4.72. The van der Waals surface area contributed by atoms with Crippen LogP contribution in [0.5, 0.6) is 5.75 Å². The lowest BCUT2D eigenvalue weighted by atomic mass is 10.2. The van der Waals surface area contributed by atoms with Crippen molar-refractivity contribution < 1.29 is 13.5 Å². The second-order valence-corrected chi connectivity index (χ2v) is 9.30. The van der Waals surface area contributed by atoms with E-state index in [0.29, 0.717) is 13.1 Å². The van der Waals surface area contributed by atoms with Crippen LogP contribution in [0.15, 0.2) is 58.8 Å². The monoisotopic (exact) mass is 403 g/mol. The Morgan fingerprint density at radius 1 is 1.04 bits per heavy atom. The Labute approximate surface area is 163 Å². The van der Waals surface area contributed by atoms with Crippen molar-refractivity contribution in [2.45, 2.75) is 18.0 Å². The van der Waals surface area contributed by atoms with E-state index in [-0.39, 0.29) is 10.6 Å². The largest absolute Gasteiger partial charge is 0.508 e. The minimum Gasteiger partial charge on any atom is -0.508 e. The van der Waals surface area contributed by atoms with Gasteiger partial charge in [-0.2, -0.15) is 0 Å². The van der Waals surface area contributed by atoms with Gasteiger partial charge in [0.15, 0.2) is 0 Å². The molecule has 1 aromatic heterocycles. The highest BCUT2D eigenvalue weighted by atomic mass is 32.2. The number of phenols is 1. The van der Waals surface area contributed by atoms with Crippen LogP contribution >= 0.6 is 11.3 Å². The highest BCUT2D eigenvalue weighted by molar-refractivity contribution is 7.89. The lowest BCUT2D eigenvalue weighted by Gasteiger charge is -2.11. The molecule has 0 aliphatic heterocycles. The number of hydrogen-bond acceptors (Lipinski definition) is 6. The molecule has 2 aromatic carbocycles. The van der Waals surface area contributed by atoms with Crippen molar-refractivity contribution in [1.82, 2.24) is 14.6 Å². The minimum absolute atomic E-state index is 0.257. The van der Waals surface area contributed by atoms with Crippen molar-refractivity contribution in [3.63, 3.8) is 0 Å². The SMILES string of the molecule is CN(C)S(=O)(=O)c1ccc(-c2csc(CNCc3ccc(O)cc3)n2)cc1. The second-order valence-electron chi connectivity index (χ2n) is 6.21. The van der Waals surface area contributed by atoms with Crippen LogP contribution in [0.4, 0.5) is 0 Å². The van der Waals surface area contributed by atoms with E-state index in [1.54, 1.807) is 47.7 Å². The van der Waals surface area contributed by atoms with Crippen LogP contribution in [0.1, 0.15) is 10.6 Å². The Bertz CT molecular complexity index is 995. The first-order valence-electron chi connectivity index (χ1n) is 8.32. The number of aromatic hydroxyl groups is 1. The first-order valence-corrected chi connectivity index (χ1v) is 10.6. The molecule has 0 unspecified atom stereocenters. The molecule has 0 aliphatic carbocycles. The second kappa shape index (κ2) is 8.18. The smallest absolute Gasteiger partial charge is 0.242 e. The van der Waals surface area contributed by atoms with Crippen LogP contribution in [-0.4, -0.2) is 36.9 Å². The van der Waals surface area contributed by atoms with Gasteiger partial charge in [-0.1, -0.05) is 24.3 Å². The molecule has 0 saturated heterocycles. The summed E-state index contributed by atoms with van der Waals surface area (Å²) in [5, 5.41) is 15.5. The first-order chi connectivity index (χ1) is 12.9. The predicted octanol–water partition coefficient (Wildman–Crippen LogP) is 3.06. The number of aromatic nitrogens is 1. The average molecular weight is 404 g/mol. The van der Waals surface area contributed by atoms with Gasteiger partial charge < -0.3 is 10.4 Å². The summed E-state index contributed by atoms with van der Waals surface area (Å²) in [7, 11) is -0.392. The maximum absolute atomic E-state index is 12.1. The zero-order valence-electron chi connectivity index (χ0n) is 15.1. The van der Waals surface area contributed by atoms with Gasteiger partial charge in [0.2, 0.25) is 10.0 Å². The molecule has 0 atom stereocenters. The molecule has 8 heteroatoms. The summed E-state index contributed by atoms with van der Waals surface area (Å²) in [5.41, 5.74) is 2.80. The Hall–Kier alpha value is -2.26. The lowest BCUT2D eigenvalue weighted by Crippen LogP contribution is -2.22. The van der Waals surface area contributed by atoms with Crippen LogP contribution in [0.2, 0.25) is 0 Å². The topological polar surface area (TPSA) is 82.5 Å². The molecule has 0 spiro atoms. The van der Waals surface area contributed by atoms with Crippen molar-refractivity contribution in [3.05, 3.63) is 64.5 Å². The van der Waals surface area contributed by atoms with Crippen LogP contribution in [-0.2, 0) is 23.1 Å². The summed E-state index contributed by atoms with van der Waals surface area (Å²) < 4.78 is 25.5. The van der Waals surface area contributed by atoms with E-state index >= 15 is 0 Å². The maximum atomic E-state index is 12.1.